The predicted molar refractivity (Wildman–Crippen MR) is 81.5 cm³/mol. The van der Waals surface area contributed by atoms with E-state index < -0.39 is 5.97 Å². The summed E-state index contributed by atoms with van der Waals surface area (Å²) >= 11 is 0. The van der Waals surface area contributed by atoms with E-state index in [9.17, 15) is 9.90 Å². The van der Waals surface area contributed by atoms with Crippen LogP contribution in [0.4, 0.5) is 0 Å². The Labute approximate surface area is 123 Å². The third-order valence-electron chi connectivity index (χ3n) is 3.07. The fourth-order valence-electron chi connectivity index (χ4n) is 2.06. The molecule has 0 spiro atoms. The van der Waals surface area contributed by atoms with Gasteiger partial charge in [0.25, 0.3) is 0 Å². The molecule has 0 atom stereocenters. The lowest BCUT2D eigenvalue weighted by atomic mass is 10.0. The smallest absolute Gasteiger partial charge is 0.336 e. The third-order valence-corrected chi connectivity index (χ3v) is 3.07. The van der Waals surface area contributed by atoms with Crippen LogP contribution >= 0.6 is 0 Å². The highest BCUT2D eigenvalue weighted by Gasteiger charge is 2.15. The summed E-state index contributed by atoms with van der Waals surface area (Å²) in [6, 6.07) is 14.3. The Morgan fingerprint density at radius 2 is 1.52 bits per heavy atom. The largest absolute Gasteiger partial charge is 0.496 e. The molecule has 21 heavy (non-hydrogen) atoms. The van der Waals surface area contributed by atoms with Crippen molar-refractivity contribution in [1.82, 2.24) is 0 Å². The number of aliphatic carboxylic acids is 1. The topological polar surface area (TPSA) is 55.8 Å². The van der Waals surface area contributed by atoms with E-state index in [1.807, 2.05) is 12.1 Å². The number of carboxylic acid groups (broad SMARTS) is 1. The Morgan fingerprint density at radius 3 is 2.14 bits per heavy atom. The lowest BCUT2D eigenvalue weighted by Crippen LogP contribution is -2.02. The van der Waals surface area contributed by atoms with Crippen molar-refractivity contribution in [2.24, 2.45) is 0 Å². The van der Waals surface area contributed by atoms with E-state index in [0.717, 1.165) is 0 Å². The van der Waals surface area contributed by atoms with E-state index in [-0.39, 0.29) is 5.57 Å². The molecule has 0 fully saturated rings. The van der Waals surface area contributed by atoms with E-state index in [1.165, 1.54) is 7.11 Å². The molecule has 2 rings (SSSR count). The summed E-state index contributed by atoms with van der Waals surface area (Å²) in [5, 5.41) is 9.51. The number of para-hydroxylation sites is 2. The average molecular weight is 284 g/mol. The minimum atomic E-state index is -1.02. The van der Waals surface area contributed by atoms with Gasteiger partial charge in [-0.2, -0.15) is 0 Å². The highest BCUT2D eigenvalue weighted by atomic mass is 16.5. The summed E-state index contributed by atoms with van der Waals surface area (Å²) in [6.45, 7) is 0. The molecule has 0 unspecified atom stereocenters. The minimum Gasteiger partial charge on any atom is -0.496 e. The molecule has 0 aliphatic rings. The van der Waals surface area contributed by atoms with Crippen molar-refractivity contribution in [3.63, 3.8) is 0 Å². The lowest BCUT2D eigenvalue weighted by molar-refractivity contribution is -0.130. The van der Waals surface area contributed by atoms with Gasteiger partial charge >= 0.3 is 5.97 Å². The van der Waals surface area contributed by atoms with Crippen LogP contribution < -0.4 is 9.47 Å². The van der Waals surface area contributed by atoms with Crippen molar-refractivity contribution in [2.75, 3.05) is 14.2 Å². The molecule has 0 bridgehead atoms. The van der Waals surface area contributed by atoms with Crippen molar-refractivity contribution in [3.05, 3.63) is 59.7 Å². The van der Waals surface area contributed by atoms with E-state index in [1.54, 1.807) is 49.6 Å². The van der Waals surface area contributed by atoms with Crippen molar-refractivity contribution in [1.29, 1.82) is 0 Å². The molecule has 108 valence electrons. The number of rotatable bonds is 5. The maximum Gasteiger partial charge on any atom is 0.336 e. The SMILES string of the molecule is COc1ccccc1/C=C(/C(=O)O)c1ccccc1OC. The van der Waals surface area contributed by atoms with Crippen LogP contribution in [0, 0.1) is 0 Å². The van der Waals surface area contributed by atoms with Gasteiger partial charge in [0.2, 0.25) is 0 Å². The molecule has 0 aromatic heterocycles. The first-order chi connectivity index (χ1) is 10.2. The maximum atomic E-state index is 11.6. The molecule has 0 aliphatic carbocycles. The Balaban J connectivity index is 2.58. The molecular weight excluding hydrogens is 268 g/mol. The number of hydrogen-bond donors (Lipinski definition) is 1. The summed E-state index contributed by atoms with van der Waals surface area (Å²) in [5.41, 5.74) is 1.37. The monoisotopic (exact) mass is 284 g/mol. The van der Waals surface area contributed by atoms with Crippen LogP contribution in [0.2, 0.25) is 0 Å². The second kappa shape index (κ2) is 6.61. The summed E-state index contributed by atoms with van der Waals surface area (Å²) in [5.74, 6) is 0.109. The van der Waals surface area contributed by atoms with Crippen LogP contribution in [-0.2, 0) is 4.79 Å². The van der Waals surface area contributed by atoms with Crippen LogP contribution in [0.25, 0.3) is 11.6 Å². The van der Waals surface area contributed by atoms with Crippen molar-refractivity contribution < 1.29 is 19.4 Å². The van der Waals surface area contributed by atoms with Gasteiger partial charge in [-0.3, -0.25) is 0 Å². The molecule has 1 N–H and O–H groups in total. The molecule has 0 saturated heterocycles. The zero-order valence-corrected chi connectivity index (χ0v) is 11.9. The van der Waals surface area contributed by atoms with Gasteiger partial charge in [0.15, 0.2) is 0 Å². The molecule has 0 heterocycles. The van der Waals surface area contributed by atoms with Gasteiger partial charge in [0.05, 0.1) is 19.8 Å². The molecule has 0 radical (unpaired) electrons. The maximum absolute atomic E-state index is 11.6. The van der Waals surface area contributed by atoms with Gasteiger partial charge in [-0.1, -0.05) is 36.4 Å². The van der Waals surface area contributed by atoms with Gasteiger partial charge in [-0.15, -0.1) is 0 Å². The second-order valence-corrected chi connectivity index (χ2v) is 4.31. The third kappa shape index (κ3) is 3.23. The fourth-order valence-corrected chi connectivity index (χ4v) is 2.06. The molecule has 2 aromatic carbocycles. The molecule has 4 nitrogen and oxygen atoms in total. The van der Waals surface area contributed by atoms with Crippen LogP contribution in [-0.4, -0.2) is 25.3 Å². The molecule has 0 aliphatic heterocycles. The zero-order valence-electron chi connectivity index (χ0n) is 11.9. The van der Waals surface area contributed by atoms with E-state index in [4.69, 9.17) is 9.47 Å². The quantitative estimate of drug-likeness (QED) is 0.676. The molecule has 4 heteroatoms. The Hall–Kier alpha value is -2.75. The highest BCUT2D eigenvalue weighted by Crippen LogP contribution is 2.30. The zero-order chi connectivity index (χ0) is 15.2. The number of hydrogen-bond acceptors (Lipinski definition) is 3. The normalized spacial score (nSPS) is 11.0. The fraction of sp³-hybridized carbons (Fsp3) is 0.118. The molecular formula is C17H16O4. The van der Waals surface area contributed by atoms with Crippen LogP contribution in [0.5, 0.6) is 11.5 Å². The second-order valence-electron chi connectivity index (χ2n) is 4.31. The Kier molecular flexibility index (Phi) is 4.61. The van der Waals surface area contributed by atoms with Crippen molar-refractivity contribution >= 4 is 17.6 Å². The van der Waals surface area contributed by atoms with Crippen molar-refractivity contribution in [2.45, 2.75) is 0 Å². The summed E-state index contributed by atoms with van der Waals surface area (Å²) in [6.07, 6.45) is 1.58. The molecule has 0 amide bonds. The minimum absolute atomic E-state index is 0.150. The first kappa shape index (κ1) is 14.7. The summed E-state index contributed by atoms with van der Waals surface area (Å²) in [7, 11) is 3.07. The number of methoxy groups -OCH3 is 2. The number of benzene rings is 2. The van der Waals surface area contributed by atoms with Crippen LogP contribution in [0.15, 0.2) is 48.5 Å². The molecule has 2 aromatic rings. The van der Waals surface area contributed by atoms with E-state index >= 15 is 0 Å². The van der Waals surface area contributed by atoms with Gasteiger partial charge in [-0.05, 0) is 18.2 Å². The standard InChI is InChI=1S/C17H16O4/c1-20-15-9-5-3-7-12(15)11-14(17(18)19)13-8-4-6-10-16(13)21-2/h3-11H,1-2H3,(H,18,19)/b14-11+. The van der Waals surface area contributed by atoms with Gasteiger partial charge in [0, 0.05) is 11.1 Å². The predicted octanol–water partition coefficient (Wildman–Crippen LogP) is 3.33. The average Bonchev–Trinajstić information content (AvgIpc) is 2.52. The number of ether oxygens (including phenoxy) is 2. The van der Waals surface area contributed by atoms with Gasteiger partial charge in [-0.25, -0.2) is 4.79 Å². The first-order valence-electron chi connectivity index (χ1n) is 6.38. The van der Waals surface area contributed by atoms with Crippen molar-refractivity contribution in [3.8, 4) is 11.5 Å². The van der Waals surface area contributed by atoms with E-state index in [0.29, 0.717) is 22.6 Å². The Bertz CT molecular complexity index is 674. The van der Waals surface area contributed by atoms with Gasteiger partial charge < -0.3 is 14.6 Å². The highest BCUT2D eigenvalue weighted by molar-refractivity contribution is 6.21. The first-order valence-corrected chi connectivity index (χ1v) is 6.38. The molecule has 0 saturated carbocycles. The van der Waals surface area contributed by atoms with Gasteiger partial charge in [0.1, 0.15) is 11.5 Å². The van der Waals surface area contributed by atoms with Crippen LogP contribution in [0.1, 0.15) is 11.1 Å². The Morgan fingerprint density at radius 1 is 0.952 bits per heavy atom. The number of carbonyl (C=O) groups is 1. The van der Waals surface area contributed by atoms with E-state index in [2.05, 4.69) is 0 Å². The summed E-state index contributed by atoms with van der Waals surface area (Å²) < 4.78 is 10.5. The van der Waals surface area contributed by atoms with Crippen LogP contribution in [0.3, 0.4) is 0 Å². The lowest BCUT2D eigenvalue weighted by Gasteiger charge is -2.10. The number of carboxylic acids is 1. The summed E-state index contributed by atoms with van der Waals surface area (Å²) in [4.78, 5) is 11.6.